The predicted octanol–water partition coefficient (Wildman–Crippen LogP) is 2.56. The van der Waals surface area contributed by atoms with Gasteiger partial charge in [-0.25, -0.2) is 0 Å². The van der Waals surface area contributed by atoms with Gasteiger partial charge in [0.1, 0.15) is 0 Å². The molecule has 0 bridgehead atoms. The van der Waals surface area contributed by atoms with E-state index in [4.69, 9.17) is 5.73 Å². The molecule has 0 saturated heterocycles. The summed E-state index contributed by atoms with van der Waals surface area (Å²) in [6.45, 7) is 1.51. The minimum absolute atomic E-state index is 0.0831. The van der Waals surface area contributed by atoms with Crippen LogP contribution in [-0.2, 0) is 4.79 Å². The van der Waals surface area contributed by atoms with Crippen LogP contribution in [0.25, 0.3) is 0 Å². The van der Waals surface area contributed by atoms with Gasteiger partial charge >= 0.3 is 0 Å². The van der Waals surface area contributed by atoms with Gasteiger partial charge in [-0.3, -0.25) is 4.79 Å². The van der Waals surface area contributed by atoms with Gasteiger partial charge in [0.15, 0.2) is 0 Å². The molecule has 0 fully saturated rings. The summed E-state index contributed by atoms with van der Waals surface area (Å²) in [7, 11) is 0. The highest BCUT2D eigenvalue weighted by Crippen LogP contribution is 2.26. The Labute approximate surface area is 113 Å². The van der Waals surface area contributed by atoms with E-state index < -0.39 is 0 Å². The minimum atomic E-state index is -0.271. The van der Waals surface area contributed by atoms with Gasteiger partial charge in [-0.2, -0.15) is 0 Å². The van der Waals surface area contributed by atoms with E-state index in [1.54, 1.807) is 0 Å². The molecule has 2 aromatic carbocycles. The van der Waals surface area contributed by atoms with E-state index in [1.807, 2.05) is 60.7 Å². The van der Waals surface area contributed by atoms with Crippen molar-refractivity contribution in [2.75, 3.05) is 0 Å². The Kier molecular flexibility index (Phi) is 4.31. The Morgan fingerprint density at radius 2 is 1.42 bits per heavy atom. The Hall–Kier alpha value is -2.13. The molecule has 3 N–H and O–H groups in total. The zero-order valence-electron chi connectivity index (χ0n) is 10.9. The van der Waals surface area contributed by atoms with Crippen molar-refractivity contribution in [3.05, 3.63) is 71.8 Å². The Balaban J connectivity index is 2.30. The third kappa shape index (κ3) is 3.42. The molecule has 0 aliphatic carbocycles. The molecule has 2 atom stereocenters. The lowest BCUT2D eigenvalue weighted by Crippen LogP contribution is -2.34. The fourth-order valence-electron chi connectivity index (χ4n) is 2.13. The summed E-state index contributed by atoms with van der Waals surface area (Å²) >= 11 is 0. The first kappa shape index (κ1) is 13.3. The average molecular weight is 254 g/mol. The van der Waals surface area contributed by atoms with Crippen LogP contribution in [0, 0.1) is 0 Å². The van der Waals surface area contributed by atoms with E-state index in [-0.39, 0.29) is 18.0 Å². The van der Waals surface area contributed by atoms with Gasteiger partial charge in [0.25, 0.3) is 0 Å². The molecule has 0 aromatic heterocycles. The molecule has 2 rings (SSSR count). The van der Waals surface area contributed by atoms with Gasteiger partial charge in [-0.15, -0.1) is 0 Å². The number of nitrogens with one attached hydrogen (secondary N) is 1. The van der Waals surface area contributed by atoms with Gasteiger partial charge < -0.3 is 11.1 Å². The van der Waals surface area contributed by atoms with Crippen molar-refractivity contribution in [3.63, 3.8) is 0 Å². The molecule has 0 aliphatic rings. The number of benzene rings is 2. The zero-order chi connectivity index (χ0) is 13.7. The van der Waals surface area contributed by atoms with Crippen molar-refractivity contribution in [1.82, 2.24) is 5.32 Å². The fraction of sp³-hybridized carbons (Fsp3) is 0.188. The second kappa shape index (κ2) is 6.16. The van der Waals surface area contributed by atoms with Crippen LogP contribution < -0.4 is 11.1 Å². The van der Waals surface area contributed by atoms with Crippen molar-refractivity contribution < 1.29 is 4.79 Å². The van der Waals surface area contributed by atoms with Crippen LogP contribution in [0.2, 0.25) is 0 Å². The lowest BCUT2D eigenvalue weighted by molar-refractivity contribution is -0.119. The molecule has 0 radical (unpaired) electrons. The third-order valence-electron chi connectivity index (χ3n) is 3.06. The molecule has 2 aromatic rings. The molecule has 3 heteroatoms. The number of carbonyl (C=O) groups excluding carboxylic acids is 1. The molecule has 0 aliphatic heterocycles. The van der Waals surface area contributed by atoms with Crippen LogP contribution >= 0.6 is 0 Å². The van der Waals surface area contributed by atoms with Crippen LogP contribution in [0.4, 0.5) is 0 Å². The number of rotatable bonds is 4. The molecule has 1 amide bonds. The summed E-state index contributed by atoms with van der Waals surface area (Å²) in [6.07, 6.45) is 0. The molecule has 0 unspecified atom stereocenters. The SMILES string of the molecule is CC(=O)N[C@H](c1ccccc1)[C@H](N)c1ccccc1. The third-order valence-corrected chi connectivity index (χ3v) is 3.06. The van der Waals surface area contributed by atoms with E-state index >= 15 is 0 Å². The second-order valence-electron chi connectivity index (χ2n) is 4.53. The number of hydrogen-bond donors (Lipinski definition) is 2. The molecular weight excluding hydrogens is 236 g/mol. The summed E-state index contributed by atoms with van der Waals surface area (Å²) in [6, 6.07) is 19.1. The van der Waals surface area contributed by atoms with E-state index in [9.17, 15) is 4.79 Å². The normalized spacial score (nSPS) is 13.6. The summed E-state index contributed by atoms with van der Waals surface area (Å²) in [4.78, 5) is 11.4. The zero-order valence-corrected chi connectivity index (χ0v) is 10.9. The lowest BCUT2D eigenvalue weighted by Gasteiger charge is -2.25. The number of carbonyl (C=O) groups is 1. The molecule has 98 valence electrons. The van der Waals surface area contributed by atoms with Crippen molar-refractivity contribution in [2.45, 2.75) is 19.0 Å². The van der Waals surface area contributed by atoms with Crippen LogP contribution in [0.15, 0.2) is 60.7 Å². The average Bonchev–Trinajstić information content (AvgIpc) is 2.46. The quantitative estimate of drug-likeness (QED) is 0.881. The van der Waals surface area contributed by atoms with Crippen molar-refractivity contribution in [1.29, 1.82) is 0 Å². The topological polar surface area (TPSA) is 55.1 Å². The number of nitrogens with two attached hydrogens (primary N) is 1. The first-order chi connectivity index (χ1) is 9.18. The maximum atomic E-state index is 11.4. The maximum Gasteiger partial charge on any atom is 0.217 e. The molecule has 0 heterocycles. The largest absolute Gasteiger partial charge is 0.348 e. The second-order valence-corrected chi connectivity index (χ2v) is 4.53. The predicted molar refractivity (Wildman–Crippen MR) is 76.4 cm³/mol. The summed E-state index contributed by atoms with van der Waals surface area (Å²) in [5.41, 5.74) is 8.32. The Morgan fingerprint density at radius 1 is 0.947 bits per heavy atom. The van der Waals surface area contributed by atoms with Gasteiger partial charge in [0, 0.05) is 6.92 Å². The van der Waals surface area contributed by atoms with Gasteiger partial charge in [-0.05, 0) is 11.1 Å². The monoisotopic (exact) mass is 254 g/mol. The molecule has 0 spiro atoms. The molecule has 3 nitrogen and oxygen atoms in total. The fourth-order valence-corrected chi connectivity index (χ4v) is 2.13. The summed E-state index contributed by atoms with van der Waals surface area (Å²) in [5.74, 6) is -0.0831. The summed E-state index contributed by atoms with van der Waals surface area (Å²) < 4.78 is 0. The van der Waals surface area contributed by atoms with Crippen molar-refractivity contribution >= 4 is 5.91 Å². The highest BCUT2D eigenvalue weighted by Gasteiger charge is 2.21. The number of amides is 1. The van der Waals surface area contributed by atoms with Crippen molar-refractivity contribution in [2.24, 2.45) is 5.73 Å². The Bertz CT molecular complexity index is 525. The van der Waals surface area contributed by atoms with E-state index in [1.165, 1.54) is 6.92 Å². The van der Waals surface area contributed by atoms with Gasteiger partial charge in [-0.1, -0.05) is 60.7 Å². The van der Waals surface area contributed by atoms with Gasteiger partial charge in [0.2, 0.25) is 5.91 Å². The van der Waals surface area contributed by atoms with E-state index in [2.05, 4.69) is 5.32 Å². The Morgan fingerprint density at radius 3 is 1.89 bits per heavy atom. The van der Waals surface area contributed by atoms with Crippen LogP contribution in [0.5, 0.6) is 0 Å². The first-order valence-corrected chi connectivity index (χ1v) is 6.31. The van der Waals surface area contributed by atoms with Gasteiger partial charge in [0.05, 0.1) is 12.1 Å². The smallest absolute Gasteiger partial charge is 0.217 e. The van der Waals surface area contributed by atoms with E-state index in [0.29, 0.717) is 0 Å². The van der Waals surface area contributed by atoms with Crippen molar-refractivity contribution in [3.8, 4) is 0 Å². The maximum absolute atomic E-state index is 11.4. The van der Waals surface area contributed by atoms with Crippen LogP contribution in [-0.4, -0.2) is 5.91 Å². The molecule has 0 saturated carbocycles. The molecular formula is C16H18N2O. The first-order valence-electron chi connectivity index (χ1n) is 6.31. The van der Waals surface area contributed by atoms with E-state index in [0.717, 1.165) is 11.1 Å². The highest BCUT2D eigenvalue weighted by molar-refractivity contribution is 5.73. The minimum Gasteiger partial charge on any atom is -0.348 e. The molecule has 19 heavy (non-hydrogen) atoms. The van der Waals surface area contributed by atoms with Crippen LogP contribution in [0.1, 0.15) is 30.1 Å². The van der Waals surface area contributed by atoms with Crippen LogP contribution in [0.3, 0.4) is 0 Å². The standard InChI is InChI=1S/C16H18N2O/c1-12(19)18-16(14-10-6-3-7-11-14)15(17)13-8-4-2-5-9-13/h2-11,15-16H,17H2,1H3,(H,18,19)/t15-,16-/m1/s1. The lowest BCUT2D eigenvalue weighted by atomic mass is 9.94. The summed E-state index contributed by atoms with van der Waals surface area (Å²) in [5, 5.41) is 2.93. The highest BCUT2D eigenvalue weighted by atomic mass is 16.1. The number of hydrogen-bond acceptors (Lipinski definition) is 2.